The van der Waals surface area contributed by atoms with Gasteiger partial charge in [-0.3, -0.25) is 38.4 Å². The molecule has 5 aromatic carbocycles. The number of aryl methyl sites for hydroxylation is 2. The predicted octanol–water partition coefficient (Wildman–Crippen LogP) is 16.2. The van der Waals surface area contributed by atoms with E-state index >= 15 is 0 Å². The summed E-state index contributed by atoms with van der Waals surface area (Å²) in [7, 11) is 2.82. The number of nitrogens with two attached hydrogens (primary N) is 6. The maximum Gasteiger partial charge on any atom is 1.00 e. The average Bonchev–Trinajstić information content (AvgIpc) is 1.63. The van der Waals surface area contributed by atoms with Crippen LogP contribution in [0.2, 0.25) is 0 Å². The second-order valence-corrected chi connectivity index (χ2v) is 40.3. The molecule has 3 aliphatic rings. The third-order valence-electron chi connectivity index (χ3n) is 20.8. The zero-order valence-electron chi connectivity index (χ0n) is 78.7. The van der Waals surface area contributed by atoms with Crippen LogP contribution in [0.4, 0.5) is 32.6 Å². The van der Waals surface area contributed by atoms with Gasteiger partial charge >= 0.3 is 31.0 Å². The fraction of sp³-hybridized carbons (Fsp3) is 0.380. The maximum atomic E-state index is 12.0. The summed E-state index contributed by atoms with van der Waals surface area (Å²) in [5.41, 5.74) is 38.7. The zero-order valence-corrected chi connectivity index (χ0v) is 84.4. The van der Waals surface area contributed by atoms with Gasteiger partial charge in [-0.05, 0) is 196 Å². The van der Waals surface area contributed by atoms with Gasteiger partial charge in [0.15, 0.2) is 17.3 Å². The number of Topliss-reactive ketones (excluding diaryl/α,β-unsaturated/α-hetero) is 4. The van der Waals surface area contributed by atoms with E-state index in [0.29, 0.717) is 76.2 Å². The maximum absolute atomic E-state index is 12.0. The number of nitrogens with zero attached hydrogens (tertiary/aromatic N) is 5. The first-order valence-corrected chi connectivity index (χ1v) is 48.8. The van der Waals surface area contributed by atoms with Crippen molar-refractivity contribution in [2.75, 3.05) is 94.3 Å². The Morgan fingerprint density at radius 3 is 1.31 bits per heavy atom. The number of thiophene rings is 6. The first-order valence-electron chi connectivity index (χ1n) is 43.8. The minimum Gasteiger partial charge on any atom is -0.444 e. The average molecular weight is 1970 g/mol. The number of anilines is 4. The molecule has 2 fully saturated rings. The number of nitrogens with one attached hydrogen (secondary N) is 3. The number of piperidine rings is 2. The Bertz CT molecular complexity index is 5860. The molecule has 35 heteroatoms. The predicted molar refractivity (Wildman–Crippen MR) is 557 cm³/mol. The number of carbonyl (C=O) groups excluding carboxylic acids is 9. The van der Waals surface area contributed by atoms with Crippen molar-refractivity contribution in [3.8, 4) is 0 Å². The van der Waals surface area contributed by atoms with E-state index < -0.39 is 35.2 Å². The number of aliphatic hydroxyl groups is 1. The number of hydrogen-bond acceptors (Lipinski definition) is 28. The van der Waals surface area contributed by atoms with Crippen molar-refractivity contribution < 1.29 is 81.4 Å². The van der Waals surface area contributed by atoms with E-state index in [1.807, 2.05) is 97.1 Å². The number of ketones is 4. The first kappa shape index (κ1) is 113. The number of benzene rings is 5. The van der Waals surface area contributed by atoms with E-state index in [1.165, 1.54) is 98.0 Å². The molecule has 16 N–H and O–H groups in total. The molecule has 13 aromatic rings. The summed E-state index contributed by atoms with van der Waals surface area (Å²) in [5, 5.41) is 28.7. The van der Waals surface area contributed by atoms with Crippen LogP contribution in [0.1, 0.15) is 193 Å². The van der Waals surface area contributed by atoms with Gasteiger partial charge in [-0.15, -0.1) is 80.4 Å². The largest absolute Gasteiger partial charge is 1.00 e. The van der Waals surface area contributed by atoms with E-state index in [1.54, 1.807) is 52.9 Å². The van der Waals surface area contributed by atoms with Crippen molar-refractivity contribution in [3.05, 3.63) is 216 Å². The van der Waals surface area contributed by atoms with Crippen LogP contribution in [0.25, 0.3) is 60.8 Å². The Labute approximate surface area is 833 Å². The van der Waals surface area contributed by atoms with E-state index in [-0.39, 0.29) is 94.2 Å². The Hall–Kier alpha value is -10.3. The molecular weight excluding hydrogens is 1840 g/mol. The molecule has 10 heterocycles. The number of aliphatic hydroxyl groups excluding tert-OH is 1. The van der Waals surface area contributed by atoms with Gasteiger partial charge in [-0.1, -0.05) is 131 Å². The Morgan fingerprint density at radius 2 is 0.933 bits per heavy atom. The minimum atomic E-state index is -0.625. The fourth-order valence-electron chi connectivity index (χ4n) is 14.3. The molecule has 16 rings (SSSR count). The van der Waals surface area contributed by atoms with E-state index in [9.17, 15) is 48.3 Å². The number of fused-ring (bicyclic) bond motifs is 7. The summed E-state index contributed by atoms with van der Waals surface area (Å²) in [6.07, 6.45) is 7.22. The monoisotopic (exact) mass is 1970 g/mol. The molecule has 1 unspecified atom stereocenters. The van der Waals surface area contributed by atoms with Crippen LogP contribution in [-0.2, 0) is 49.6 Å². The van der Waals surface area contributed by atoms with Crippen LogP contribution in [-0.4, -0.2) is 170 Å². The van der Waals surface area contributed by atoms with E-state index in [2.05, 4.69) is 136 Å². The number of pyridine rings is 2. The number of aromatic nitrogens is 2. The molecule has 8 aromatic heterocycles. The van der Waals surface area contributed by atoms with Crippen molar-refractivity contribution in [3.63, 3.8) is 0 Å². The molecular formula is C100H128ClLiN14O13S6. The van der Waals surface area contributed by atoms with Crippen molar-refractivity contribution in [1.29, 1.82) is 0 Å². The van der Waals surface area contributed by atoms with Gasteiger partial charge in [-0.2, -0.15) is 20.8 Å². The molecule has 135 heavy (non-hydrogen) atoms. The molecule has 0 spiro atoms. The Balaban J connectivity index is 0.000000249. The molecule has 27 nitrogen and oxygen atoms in total. The van der Waals surface area contributed by atoms with Crippen LogP contribution in [0.5, 0.6) is 0 Å². The van der Waals surface area contributed by atoms with Gasteiger partial charge < -0.3 is 80.7 Å². The van der Waals surface area contributed by atoms with Gasteiger partial charge in [0.25, 0.3) is 17.7 Å². The third-order valence-corrected chi connectivity index (χ3v) is 27.4. The van der Waals surface area contributed by atoms with Gasteiger partial charge in [0.05, 0.1) is 58.9 Å². The van der Waals surface area contributed by atoms with Crippen LogP contribution in [0.3, 0.4) is 0 Å². The number of hydrogen-bond donors (Lipinski definition) is 10. The number of primary amides is 2. The van der Waals surface area contributed by atoms with Crippen LogP contribution >= 0.6 is 80.4 Å². The van der Waals surface area contributed by atoms with E-state index in [0.717, 1.165) is 153 Å². The summed E-state index contributed by atoms with van der Waals surface area (Å²) >= 11 is 8.76. The fourth-order valence-corrected chi connectivity index (χ4v) is 20.1. The number of rotatable bonds is 22. The molecule has 1 atom stereocenters. The number of likely N-dealkylation sites (N-methyl/N-ethyl adjacent to an activating group) is 1. The van der Waals surface area contributed by atoms with Crippen molar-refractivity contribution in [2.45, 2.75) is 171 Å². The molecule has 2 saturated heterocycles. The van der Waals surface area contributed by atoms with Crippen molar-refractivity contribution >= 4 is 217 Å². The van der Waals surface area contributed by atoms with Crippen molar-refractivity contribution in [2.24, 2.45) is 28.9 Å². The third kappa shape index (κ3) is 34.1. The summed E-state index contributed by atoms with van der Waals surface area (Å²) in [5.74, 6) is 2.36. The molecule has 0 bridgehead atoms. The molecule has 0 saturated carbocycles. The summed E-state index contributed by atoms with van der Waals surface area (Å²) in [6, 6.07) is 53.0. The van der Waals surface area contributed by atoms with Crippen LogP contribution < -0.4 is 79.0 Å². The molecule has 0 radical (unpaired) electrons. The second-order valence-electron chi connectivity index (χ2n) is 34.1. The van der Waals surface area contributed by atoms with Gasteiger partial charge in [-0.25, -0.2) is 24.6 Å². The summed E-state index contributed by atoms with van der Waals surface area (Å²) in [4.78, 5) is 126. The Kier molecular flexibility index (Phi) is 45.8. The first-order chi connectivity index (χ1) is 62.9. The van der Waals surface area contributed by atoms with Crippen LogP contribution in [0, 0.1) is 11.8 Å². The SMILES string of the molecule is C.CC(C)(C)OC(=O)NCC(=O)c1cc2ccccc2s1.CCCc1cc(N2CCC(=O)CC2)nc2sc(C(N)=O)c(N)c12.CCCc1cc(N2CCC(NCC(O)C3Cc4ccccc4C3)CC2)nc2sc(C(N)=O)c(N)c12.CON(C)C(=O)CNC(=O)OC(C)(C)C.C[C-](C)C.Cl.NCC(=O)c1cc2ccccc2s1.NCC(=O)c1cc2ccccc2s1.[Li+].c1ccc2sccc2c1. The van der Waals surface area contributed by atoms with Gasteiger partial charge in [0.2, 0.25) is 0 Å². The van der Waals surface area contributed by atoms with Gasteiger partial charge in [0, 0.05) is 88.2 Å². The molecule has 5 amide bonds. The smallest absolute Gasteiger partial charge is 0.444 e. The zero-order chi connectivity index (χ0) is 96.1. The summed E-state index contributed by atoms with van der Waals surface area (Å²) in [6.45, 7) is 24.8. The second kappa shape index (κ2) is 54.6. The molecule has 1 aliphatic carbocycles. The minimum absolute atomic E-state index is 0. The number of carbonyl (C=O) groups is 9. The number of amides is 5. The molecule has 2 aliphatic heterocycles. The van der Waals surface area contributed by atoms with Crippen molar-refractivity contribution in [1.82, 2.24) is 31.0 Å². The standard InChI is InChI=1S/C27H35N5O2S.C16H20N4O2S.C15H17NO3S.2C10H9NOS.C9H18N2O4.C8H6S.C4H9.CH4.ClH.Li/c1-2-5-18-14-22(31-27-23(18)24(28)25(35-27)26(29)34)32-10-8-20(9-11-32)30-15-21(33)19-12-16-6-3-4-7-17(16)13-19;1-2-3-9-8-11(20-6-4-10(21)5-7-20)19-16-12(9)13(17)14(23-16)15(18)22;1-15(2,3)19-14(18)16-9-11(17)13-8-10-6-4-5-7-12(10)20-13;2*11-6-8(12)10-5-7-3-1-2-4-9(7)13-10;1-9(2,3)15-8(13)10-6-7(12)11(4)14-5;1-2-4-8-7(3-1)5-6-9-8;1-4(2)3;;;/h3-4,6-7,14,19-21,30,33H,2,5,8-13,15,28H2,1H3,(H2,29,34);8H,2-7,17H2,1H3,(H2,18,22);4-8H,9H2,1-3H3,(H,16,18);2*1-5H,6,11H2;6H2,1-5H3,(H,10,13);1-6H;1-3H3;1H4;1H;/q;;;;;;;-1;;;+1. The topological polar surface area (TPSA) is 429 Å². The number of hydroxylamine groups is 2. The Morgan fingerprint density at radius 1 is 0.556 bits per heavy atom. The number of nitrogen functional groups attached to an aromatic ring is 2. The molecule has 720 valence electrons. The number of alkyl carbamates (subject to hydrolysis) is 2. The van der Waals surface area contributed by atoms with Gasteiger partial charge in [0.1, 0.15) is 54.6 Å². The summed E-state index contributed by atoms with van der Waals surface area (Å²) < 4.78 is 14.7. The normalized spacial score (nSPS) is 13.1. The number of halogens is 1. The number of ether oxygens (including phenoxy) is 2. The quantitative estimate of drug-likeness (QED) is 0.0130. The van der Waals surface area contributed by atoms with Crippen LogP contribution in [0.15, 0.2) is 163 Å². The van der Waals surface area contributed by atoms with E-state index in [4.69, 9.17) is 48.9 Å².